The molecular formula is C41H46N4O4. The van der Waals surface area contributed by atoms with Crippen molar-refractivity contribution in [3.8, 4) is 22.6 Å². The Labute approximate surface area is 288 Å². The van der Waals surface area contributed by atoms with Crippen molar-refractivity contribution in [3.63, 3.8) is 0 Å². The number of fused-ring (bicyclic) bond motifs is 4. The third-order valence-corrected chi connectivity index (χ3v) is 11.4. The molecule has 2 aliphatic carbocycles. The number of aryl methyl sites for hydroxylation is 1. The van der Waals surface area contributed by atoms with E-state index in [-0.39, 0.29) is 36.3 Å². The number of nitrogens with zero attached hydrogens (tertiary/aromatic N) is 2. The third kappa shape index (κ3) is 5.46. The van der Waals surface area contributed by atoms with E-state index in [9.17, 15) is 15.0 Å². The van der Waals surface area contributed by atoms with E-state index in [0.29, 0.717) is 37.5 Å². The van der Waals surface area contributed by atoms with Crippen LogP contribution < -0.4 is 15.8 Å². The van der Waals surface area contributed by atoms with E-state index < -0.39 is 6.10 Å². The Morgan fingerprint density at radius 3 is 2.88 bits per heavy atom. The summed E-state index contributed by atoms with van der Waals surface area (Å²) in [6.07, 6.45) is 11.7. The van der Waals surface area contributed by atoms with Crippen LogP contribution in [0.25, 0.3) is 11.1 Å². The van der Waals surface area contributed by atoms with Gasteiger partial charge < -0.3 is 30.9 Å². The van der Waals surface area contributed by atoms with Crippen LogP contribution in [0, 0.1) is 0 Å². The summed E-state index contributed by atoms with van der Waals surface area (Å²) in [5.74, 6) is 0.874. The maximum Gasteiger partial charge on any atom is 0.163 e. The molecule has 0 saturated heterocycles. The molecule has 0 radical (unpaired) electrons. The number of hydrogen-bond acceptors (Lipinski definition) is 8. The van der Waals surface area contributed by atoms with Gasteiger partial charge in [-0.1, -0.05) is 69.0 Å². The zero-order chi connectivity index (χ0) is 33.7. The smallest absolute Gasteiger partial charge is 0.163 e. The number of phenolic OH excluding ortho intramolecular Hbond substituents is 1. The fourth-order valence-corrected chi connectivity index (χ4v) is 9.13. The van der Waals surface area contributed by atoms with E-state index >= 15 is 0 Å². The van der Waals surface area contributed by atoms with E-state index in [4.69, 9.17) is 15.5 Å². The molecule has 0 unspecified atom stereocenters. The van der Waals surface area contributed by atoms with Crippen molar-refractivity contribution >= 4 is 17.2 Å². The molecule has 5 N–H and O–H groups in total. The van der Waals surface area contributed by atoms with Crippen LogP contribution in [0.3, 0.4) is 0 Å². The molecule has 3 aromatic carbocycles. The highest BCUT2D eigenvalue weighted by Gasteiger charge is 2.55. The topological polar surface area (TPSA) is 120 Å². The SMILES string of the molecule is CCCCC[C@@H](O)CC(=O)CCc1ccc(O)c(OCN2C=C3C([C@@]45CCC[C@@H]4c4cccc6c4-c4c(cccc45)[C@H](N)N6)=CN=C3C2)c1. The molecule has 1 fully saturated rings. The molecule has 49 heavy (non-hydrogen) atoms. The predicted octanol–water partition coefficient (Wildman–Crippen LogP) is 7.37. The van der Waals surface area contributed by atoms with Crippen LogP contribution in [-0.2, 0) is 16.6 Å². The number of anilines is 1. The molecule has 254 valence electrons. The van der Waals surface area contributed by atoms with Gasteiger partial charge in [0.05, 0.1) is 18.4 Å². The van der Waals surface area contributed by atoms with E-state index in [1.165, 1.54) is 33.4 Å². The lowest BCUT2D eigenvalue weighted by atomic mass is 9.57. The summed E-state index contributed by atoms with van der Waals surface area (Å²) in [4.78, 5) is 19.6. The first kappa shape index (κ1) is 31.8. The minimum atomic E-state index is -0.568. The van der Waals surface area contributed by atoms with Gasteiger partial charge in [-0.2, -0.15) is 0 Å². The van der Waals surface area contributed by atoms with Gasteiger partial charge in [0.15, 0.2) is 18.2 Å². The summed E-state index contributed by atoms with van der Waals surface area (Å²) >= 11 is 0. The van der Waals surface area contributed by atoms with Crippen molar-refractivity contribution < 1.29 is 19.7 Å². The number of Topliss-reactive ketones (excluding diaryl/α,β-unsaturated/α-hetero) is 1. The first-order valence-corrected chi connectivity index (χ1v) is 18.0. The van der Waals surface area contributed by atoms with Gasteiger partial charge in [0.25, 0.3) is 0 Å². The number of aliphatic hydroxyl groups is 1. The lowest BCUT2D eigenvalue weighted by Gasteiger charge is -2.46. The number of unbranched alkanes of at least 4 members (excludes halogenated alkanes) is 2. The van der Waals surface area contributed by atoms with Gasteiger partial charge in [0, 0.05) is 47.5 Å². The number of nitrogens with two attached hydrogens (primary N) is 1. The van der Waals surface area contributed by atoms with Crippen LogP contribution in [0.1, 0.15) is 99.0 Å². The molecular weight excluding hydrogens is 612 g/mol. The first-order valence-electron chi connectivity index (χ1n) is 18.0. The number of aromatic hydroxyl groups is 1. The second-order valence-electron chi connectivity index (χ2n) is 14.5. The standard InChI is InChI=1S/C41H46N4O4/c1-2-3-4-8-26(46)20-27(47)16-14-25-15-17-36(48)37(19-25)49-24-45-22-30-33(21-43-35(30)23-45)41-18-7-12-31(41)28-9-6-13-34-39(28)38-29(40(42)44-34)10-5-11-32(38)41/h5-6,9-11,13,15,17,19,21-22,26,31,40,44,46,48H,2-4,7-8,12,14,16,18,20,23-24,42H2,1H3/t26-,31-,40-,41+/m1/s1. The zero-order valence-electron chi connectivity index (χ0n) is 28.3. The molecule has 0 bridgehead atoms. The number of ketones is 1. The number of aliphatic hydroxyl groups excluding tert-OH is 1. The monoisotopic (exact) mass is 658 g/mol. The highest BCUT2D eigenvalue weighted by Crippen LogP contribution is 2.66. The van der Waals surface area contributed by atoms with Crippen molar-refractivity contribution in [3.05, 3.63) is 100 Å². The fourth-order valence-electron chi connectivity index (χ4n) is 9.13. The molecule has 5 aliphatic rings. The van der Waals surface area contributed by atoms with E-state index in [2.05, 4.69) is 65.9 Å². The number of allylic oxidation sites excluding steroid dienone is 1. The number of phenols is 1. The predicted molar refractivity (Wildman–Crippen MR) is 193 cm³/mol. The average molecular weight is 659 g/mol. The summed E-state index contributed by atoms with van der Waals surface area (Å²) in [7, 11) is 0. The zero-order valence-corrected chi connectivity index (χ0v) is 28.3. The van der Waals surface area contributed by atoms with Crippen LogP contribution in [0.4, 0.5) is 5.69 Å². The van der Waals surface area contributed by atoms with Crippen molar-refractivity contribution in [2.75, 3.05) is 18.6 Å². The van der Waals surface area contributed by atoms with Gasteiger partial charge in [-0.15, -0.1) is 0 Å². The van der Waals surface area contributed by atoms with E-state index in [1.807, 2.05) is 12.1 Å². The highest BCUT2D eigenvalue weighted by molar-refractivity contribution is 6.10. The molecule has 0 amide bonds. The maximum atomic E-state index is 12.5. The van der Waals surface area contributed by atoms with Gasteiger partial charge in [0.2, 0.25) is 0 Å². The summed E-state index contributed by atoms with van der Waals surface area (Å²) < 4.78 is 6.18. The summed E-state index contributed by atoms with van der Waals surface area (Å²) in [5.41, 5.74) is 18.6. The Morgan fingerprint density at radius 1 is 1.14 bits per heavy atom. The van der Waals surface area contributed by atoms with Gasteiger partial charge in [-0.25, -0.2) is 0 Å². The Kier molecular flexibility index (Phi) is 8.32. The third-order valence-electron chi connectivity index (χ3n) is 11.4. The average Bonchev–Trinajstić information content (AvgIpc) is 3.82. The Morgan fingerprint density at radius 2 is 2.00 bits per heavy atom. The number of hydrogen-bond donors (Lipinski definition) is 4. The Balaban J connectivity index is 0.987. The fraction of sp³-hybridized carbons (Fsp3) is 0.415. The van der Waals surface area contributed by atoms with E-state index in [0.717, 1.165) is 61.1 Å². The maximum absolute atomic E-state index is 12.5. The number of rotatable bonds is 13. The van der Waals surface area contributed by atoms with Crippen LogP contribution >= 0.6 is 0 Å². The number of nitrogens with one attached hydrogen (secondary N) is 1. The van der Waals surface area contributed by atoms with E-state index in [1.54, 1.807) is 6.07 Å². The van der Waals surface area contributed by atoms with Crippen LogP contribution in [-0.4, -0.2) is 46.0 Å². The molecule has 3 aliphatic heterocycles. The minimum Gasteiger partial charge on any atom is -0.504 e. The summed E-state index contributed by atoms with van der Waals surface area (Å²) in [6.45, 7) is 3.02. The molecule has 0 aromatic heterocycles. The lowest BCUT2D eigenvalue weighted by Crippen LogP contribution is -2.38. The number of aliphatic imine (C=N–C) groups is 1. The summed E-state index contributed by atoms with van der Waals surface area (Å²) in [6, 6.07) is 18.6. The number of carbonyl (C=O) groups excluding carboxylic acids is 1. The van der Waals surface area contributed by atoms with Gasteiger partial charge in [-0.05, 0) is 83.2 Å². The normalized spacial score (nSPS) is 23.2. The van der Waals surface area contributed by atoms with Crippen molar-refractivity contribution in [2.45, 2.75) is 94.7 Å². The number of benzene rings is 3. The van der Waals surface area contributed by atoms with Gasteiger partial charge in [-0.3, -0.25) is 9.79 Å². The van der Waals surface area contributed by atoms with Gasteiger partial charge in [0.1, 0.15) is 11.9 Å². The van der Waals surface area contributed by atoms with Gasteiger partial charge >= 0.3 is 0 Å². The molecule has 8 rings (SSSR count). The van der Waals surface area contributed by atoms with Crippen molar-refractivity contribution in [1.29, 1.82) is 0 Å². The molecule has 8 heteroatoms. The van der Waals surface area contributed by atoms with Crippen LogP contribution in [0.15, 0.2) is 83.1 Å². The molecule has 4 atom stereocenters. The highest BCUT2D eigenvalue weighted by atomic mass is 16.5. The number of ether oxygens (including phenoxy) is 1. The Hall–Kier alpha value is -4.40. The van der Waals surface area contributed by atoms with Crippen LogP contribution in [0.2, 0.25) is 0 Å². The molecule has 8 nitrogen and oxygen atoms in total. The molecule has 3 heterocycles. The van der Waals surface area contributed by atoms with Crippen molar-refractivity contribution in [2.24, 2.45) is 10.7 Å². The summed E-state index contributed by atoms with van der Waals surface area (Å²) in [5, 5.41) is 24.4. The van der Waals surface area contributed by atoms with Crippen LogP contribution in [0.5, 0.6) is 11.5 Å². The largest absolute Gasteiger partial charge is 0.504 e. The quantitative estimate of drug-likeness (QED) is 0.142. The molecule has 1 saturated carbocycles. The number of carbonyl (C=O) groups is 1. The second-order valence-corrected chi connectivity index (χ2v) is 14.5. The Bertz CT molecular complexity index is 1900. The molecule has 3 aromatic rings. The molecule has 0 spiro atoms. The lowest BCUT2D eigenvalue weighted by molar-refractivity contribution is -0.121. The first-order chi connectivity index (χ1) is 23.9. The second kappa shape index (κ2) is 12.8. The minimum absolute atomic E-state index is 0.0563. The van der Waals surface area contributed by atoms with Crippen molar-refractivity contribution in [1.82, 2.24) is 4.90 Å².